The van der Waals surface area contributed by atoms with E-state index >= 15 is 0 Å². The Kier molecular flexibility index (Phi) is 6.52. The lowest BCUT2D eigenvalue weighted by Crippen LogP contribution is -2.08. The van der Waals surface area contributed by atoms with Gasteiger partial charge in [0.25, 0.3) is 0 Å². The van der Waals surface area contributed by atoms with Crippen LogP contribution in [0.4, 0.5) is 4.39 Å². The molecule has 0 aliphatic rings. The predicted octanol–water partition coefficient (Wildman–Crippen LogP) is 3.12. The lowest BCUT2D eigenvalue weighted by Gasteiger charge is -2.01. The monoisotopic (exact) mass is 300 g/mol. The number of nitrogens with zero attached hydrogens (tertiary/aromatic N) is 4. The second kappa shape index (κ2) is 7.91. The van der Waals surface area contributed by atoms with Gasteiger partial charge in [-0.1, -0.05) is 29.4 Å². The van der Waals surface area contributed by atoms with Gasteiger partial charge in [-0.05, 0) is 18.4 Å². The molecule has 19 heavy (non-hydrogen) atoms. The van der Waals surface area contributed by atoms with Crippen molar-refractivity contribution in [1.29, 1.82) is 0 Å². The standard InChI is InChI=1S/C12H14ClFN4S/c1-18(2)8-15-12(19-3)17-16-7-9-10(13)5-4-6-11(9)14/h4-8H,1-3H3/b15-8?,16-7-,17-12-. The van der Waals surface area contributed by atoms with Crippen molar-refractivity contribution in [3.8, 4) is 0 Å². The van der Waals surface area contributed by atoms with Crippen molar-refractivity contribution in [2.75, 3.05) is 20.4 Å². The molecule has 0 saturated carbocycles. The molecule has 0 aliphatic heterocycles. The summed E-state index contributed by atoms with van der Waals surface area (Å²) in [5.41, 5.74) is 0.213. The zero-order valence-corrected chi connectivity index (χ0v) is 12.4. The van der Waals surface area contributed by atoms with Crippen molar-refractivity contribution in [1.82, 2.24) is 4.90 Å². The number of halogens is 2. The number of thioether (sulfide) groups is 1. The quantitative estimate of drug-likeness (QED) is 0.489. The maximum Gasteiger partial charge on any atom is 0.210 e. The first-order valence-corrected chi connectivity index (χ1v) is 6.94. The molecule has 0 atom stereocenters. The summed E-state index contributed by atoms with van der Waals surface area (Å²) in [6.07, 6.45) is 4.72. The van der Waals surface area contributed by atoms with Crippen LogP contribution in [0.2, 0.25) is 5.02 Å². The minimum Gasteiger partial charge on any atom is -0.369 e. The van der Waals surface area contributed by atoms with Gasteiger partial charge in [0.2, 0.25) is 5.17 Å². The number of hydrogen-bond acceptors (Lipinski definition) is 3. The second-order valence-corrected chi connectivity index (χ2v) is 4.86. The molecule has 0 N–H and O–H groups in total. The van der Waals surface area contributed by atoms with Gasteiger partial charge in [0.1, 0.15) is 5.82 Å². The number of aliphatic imine (C=N–C) groups is 1. The van der Waals surface area contributed by atoms with Gasteiger partial charge in [0.15, 0.2) is 0 Å². The molecule has 0 aliphatic carbocycles. The summed E-state index contributed by atoms with van der Waals surface area (Å²) in [5, 5.41) is 8.45. The van der Waals surface area contributed by atoms with E-state index in [2.05, 4.69) is 15.2 Å². The molecule has 0 amide bonds. The third kappa shape index (κ3) is 5.40. The van der Waals surface area contributed by atoms with Crippen molar-refractivity contribution in [2.45, 2.75) is 0 Å². The summed E-state index contributed by atoms with van der Waals surface area (Å²) in [4.78, 5) is 5.87. The summed E-state index contributed by atoms with van der Waals surface area (Å²) in [5.74, 6) is -0.436. The normalized spacial score (nSPS) is 12.6. The Morgan fingerprint density at radius 3 is 2.74 bits per heavy atom. The van der Waals surface area contributed by atoms with Crippen LogP contribution >= 0.6 is 23.4 Å². The van der Waals surface area contributed by atoms with Crippen molar-refractivity contribution in [3.05, 3.63) is 34.6 Å². The minimum atomic E-state index is -0.436. The average molecular weight is 301 g/mol. The lowest BCUT2D eigenvalue weighted by molar-refractivity contribution is 0.626. The first-order valence-electron chi connectivity index (χ1n) is 5.34. The summed E-state index contributed by atoms with van der Waals surface area (Å²) < 4.78 is 13.4. The highest BCUT2D eigenvalue weighted by Crippen LogP contribution is 2.16. The van der Waals surface area contributed by atoms with Crippen LogP contribution in [0.1, 0.15) is 5.56 Å². The van der Waals surface area contributed by atoms with Crippen LogP contribution in [-0.4, -0.2) is 43.0 Å². The number of hydrogen-bond donors (Lipinski definition) is 0. The SMILES string of the molecule is CS/C(N=CN(C)C)=N\N=C/c1c(F)cccc1Cl. The van der Waals surface area contributed by atoms with E-state index in [1.54, 1.807) is 17.3 Å². The third-order valence-corrected chi connectivity index (χ3v) is 2.79. The van der Waals surface area contributed by atoms with E-state index in [4.69, 9.17) is 11.6 Å². The van der Waals surface area contributed by atoms with E-state index in [0.29, 0.717) is 10.2 Å². The van der Waals surface area contributed by atoms with Gasteiger partial charge < -0.3 is 4.90 Å². The van der Waals surface area contributed by atoms with Crippen LogP contribution in [-0.2, 0) is 0 Å². The molecule has 4 nitrogen and oxygen atoms in total. The molecule has 0 unspecified atom stereocenters. The van der Waals surface area contributed by atoms with Gasteiger partial charge in [-0.2, -0.15) is 5.10 Å². The Labute approximate surface area is 121 Å². The van der Waals surface area contributed by atoms with E-state index in [0.717, 1.165) is 0 Å². The molecular formula is C12H14ClFN4S. The Morgan fingerprint density at radius 2 is 2.16 bits per heavy atom. The van der Waals surface area contributed by atoms with Gasteiger partial charge in [-0.15, -0.1) is 5.10 Å². The molecule has 7 heteroatoms. The third-order valence-electron chi connectivity index (χ3n) is 1.91. The highest BCUT2D eigenvalue weighted by atomic mass is 35.5. The van der Waals surface area contributed by atoms with Crippen molar-refractivity contribution in [3.63, 3.8) is 0 Å². The predicted molar refractivity (Wildman–Crippen MR) is 82.1 cm³/mol. The molecule has 0 radical (unpaired) electrons. The molecule has 0 saturated heterocycles. The summed E-state index contributed by atoms with van der Waals surface area (Å²) in [7, 11) is 3.70. The van der Waals surface area contributed by atoms with Gasteiger partial charge in [0.05, 0.1) is 17.6 Å². The van der Waals surface area contributed by atoms with E-state index < -0.39 is 5.82 Å². The Bertz CT molecular complexity index is 494. The molecular weight excluding hydrogens is 287 g/mol. The molecule has 1 rings (SSSR count). The van der Waals surface area contributed by atoms with E-state index in [1.807, 2.05) is 20.4 Å². The fourth-order valence-corrected chi connectivity index (χ4v) is 1.55. The highest BCUT2D eigenvalue weighted by Gasteiger charge is 2.03. The molecule has 1 aromatic carbocycles. The Hall–Kier alpha value is -1.40. The van der Waals surface area contributed by atoms with Crippen LogP contribution < -0.4 is 0 Å². The average Bonchev–Trinajstić information content (AvgIpc) is 2.36. The van der Waals surface area contributed by atoms with Gasteiger partial charge in [0, 0.05) is 19.7 Å². The van der Waals surface area contributed by atoms with Gasteiger partial charge in [-0.25, -0.2) is 9.38 Å². The summed E-state index contributed by atoms with van der Waals surface area (Å²) in [6.45, 7) is 0. The Morgan fingerprint density at radius 1 is 1.42 bits per heavy atom. The molecule has 102 valence electrons. The minimum absolute atomic E-state index is 0.213. The van der Waals surface area contributed by atoms with Gasteiger partial charge in [-0.3, -0.25) is 0 Å². The second-order valence-electron chi connectivity index (χ2n) is 3.67. The first-order chi connectivity index (χ1) is 9.04. The van der Waals surface area contributed by atoms with Crippen LogP contribution in [0, 0.1) is 5.82 Å². The molecule has 1 aromatic rings. The van der Waals surface area contributed by atoms with Crippen molar-refractivity contribution < 1.29 is 4.39 Å². The number of rotatable bonds is 3. The topological polar surface area (TPSA) is 40.3 Å². The van der Waals surface area contributed by atoms with E-state index in [-0.39, 0.29) is 5.56 Å². The molecule has 0 aromatic heterocycles. The summed E-state index contributed by atoms with van der Waals surface area (Å²) in [6, 6.07) is 4.44. The largest absolute Gasteiger partial charge is 0.369 e. The van der Waals surface area contributed by atoms with E-state index in [9.17, 15) is 4.39 Å². The molecule has 0 spiro atoms. The van der Waals surface area contributed by atoms with Crippen LogP contribution in [0.5, 0.6) is 0 Å². The maximum absolute atomic E-state index is 13.4. The zero-order valence-electron chi connectivity index (χ0n) is 10.8. The van der Waals surface area contributed by atoms with Crippen molar-refractivity contribution >= 4 is 41.1 Å². The fourth-order valence-electron chi connectivity index (χ4n) is 1.05. The Balaban J connectivity index is 2.86. The first kappa shape index (κ1) is 15.7. The number of amidine groups is 1. The van der Waals surface area contributed by atoms with Crippen molar-refractivity contribution in [2.24, 2.45) is 15.2 Å². The fraction of sp³-hybridized carbons (Fsp3) is 0.250. The zero-order chi connectivity index (χ0) is 14.3. The number of benzene rings is 1. The van der Waals surface area contributed by atoms with Crippen LogP contribution in [0.3, 0.4) is 0 Å². The summed E-state index contributed by atoms with van der Waals surface area (Å²) >= 11 is 7.20. The maximum atomic E-state index is 13.4. The van der Waals surface area contributed by atoms with Gasteiger partial charge >= 0.3 is 0 Å². The molecule has 0 fully saturated rings. The lowest BCUT2D eigenvalue weighted by atomic mass is 10.2. The highest BCUT2D eigenvalue weighted by molar-refractivity contribution is 8.13. The van der Waals surface area contributed by atoms with Crippen LogP contribution in [0.25, 0.3) is 0 Å². The molecule has 0 bridgehead atoms. The smallest absolute Gasteiger partial charge is 0.210 e. The van der Waals surface area contributed by atoms with Crippen LogP contribution in [0.15, 0.2) is 33.4 Å². The van der Waals surface area contributed by atoms with E-state index in [1.165, 1.54) is 30.1 Å². The molecule has 0 heterocycles.